The maximum Gasteiger partial charge on any atom is 0.251 e. The van der Waals surface area contributed by atoms with Gasteiger partial charge in [-0.25, -0.2) is 0 Å². The van der Waals surface area contributed by atoms with Gasteiger partial charge in [-0.1, -0.05) is 0 Å². The fourth-order valence-electron chi connectivity index (χ4n) is 2.14. The summed E-state index contributed by atoms with van der Waals surface area (Å²) in [6.07, 6.45) is 5.46. The molecule has 1 aromatic rings. The van der Waals surface area contributed by atoms with Crippen molar-refractivity contribution in [3.8, 4) is 11.3 Å². The van der Waals surface area contributed by atoms with Crippen LogP contribution in [0.1, 0.15) is 10.4 Å². The molecule has 4 N–H and O–H groups in total. The Kier molecular flexibility index (Phi) is 2.72. The topological polar surface area (TPSA) is 76.5 Å². The monoisotopic (exact) mass is 254 g/mol. The summed E-state index contributed by atoms with van der Waals surface area (Å²) in [6, 6.07) is 7.68. The highest BCUT2D eigenvalue weighted by atomic mass is 16.1. The number of pyridine rings is 1. The third-order valence-corrected chi connectivity index (χ3v) is 3.08. The van der Waals surface area contributed by atoms with Crippen LogP contribution in [-0.4, -0.2) is 27.9 Å². The fourth-order valence-corrected chi connectivity index (χ4v) is 2.14. The Morgan fingerprint density at radius 2 is 2.05 bits per heavy atom. The molecule has 0 saturated heterocycles. The van der Waals surface area contributed by atoms with Crippen molar-refractivity contribution in [2.24, 2.45) is 0 Å². The average molecular weight is 254 g/mol. The summed E-state index contributed by atoms with van der Waals surface area (Å²) in [5.74, 6) is -0.0795. The van der Waals surface area contributed by atoms with E-state index in [1.807, 2.05) is 36.7 Å². The number of amides is 1. The third kappa shape index (κ3) is 1.95. The van der Waals surface area contributed by atoms with Crippen LogP contribution in [0.5, 0.6) is 0 Å². The predicted molar refractivity (Wildman–Crippen MR) is 74.6 cm³/mol. The molecular weight excluding hydrogens is 240 g/mol. The number of hydrogen-bond donors (Lipinski definition) is 4. The van der Waals surface area contributed by atoms with Gasteiger partial charge in [0.15, 0.2) is 0 Å². The summed E-state index contributed by atoms with van der Waals surface area (Å²) in [5, 5.41) is 3.64. The number of aromatic amines is 3. The molecule has 5 nitrogen and oxygen atoms in total. The average Bonchev–Trinajstić information content (AvgIpc) is 2.80. The number of hydrogen-bond acceptors (Lipinski definition) is 1. The minimum Gasteiger partial charge on any atom is -0.366 e. The van der Waals surface area contributed by atoms with Crippen molar-refractivity contribution in [1.29, 1.82) is 0 Å². The van der Waals surface area contributed by atoms with Crippen LogP contribution in [0.15, 0.2) is 42.9 Å². The first-order chi connectivity index (χ1) is 9.29. The molecule has 1 aliphatic carbocycles. The van der Waals surface area contributed by atoms with Crippen molar-refractivity contribution in [3.05, 3.63) is 48.4 Å². The summed E-state index contributed by atoms with van der Waals surface area (Å²) < 4.78 is 0. The summed E-state index contributed by atoms with van der Waals surface area (Å²) in [5.41, 5.74) is 3.42. The van der Waals surface area contributed by atoms with Crippen LogP contribution in [0.3, 0.4) is 0 Å². The van der Waals surface area contributed by atoms with Crippen LogP contribution in [0, 0.1) is 0 Å². The smallest absolute Gasteiger partial charge is 0.251 e. The van der Waals surface area contributed by atoms with Crippen molar-refractivity contribution in [2.75, 3.05) is 7.05 Å². The zero-order chi connectivity index (χ0) is 13.2. The molecule has 1 aliphatic heterocycles. The summed E-state index contributed by atoms with van der Waals surface area (Å²) >= 11 is 0. The molecule has 0 atom stereocenters. The van der Waals surface area contributed by atoms with Gasteiger partial charge in [0.2, 0.25) is 0 Å². The molecule has 0 radical (unpaired) electrons. The molecule has 2 heterocycles. The lowest BCUT2D eigenvalue weighted by Gasteiger charge is -2.06. The Bertz CT molecular complexity index is 748. The molecule has 3 rings (SSSR count). The quantitative estimate of drug-likeness (QED) is 0.529. The molecule has 0 spiro atoms. The lowest BCUT2D eigenvalue weighted by molar-refractivity contribution is 0.0964. The highest BCUT2D eigenvalue weighted by Crippen LogP contribution is 2.28. The van der Waals surface area contributed by atoms with E-state index in [9.17, 15) is 4.79 Å². The van der Waals surface area contributed by atoms with E-state index in [0.717, 1.165) is 22.3 Å². The van der Waals surface area contributed by atoms with Gasteiger partial charge >= 0.3 is 0 Å². The number of rotatable bonds is 1. The van der Waals surface area contributed by atoms with Crippen molar-refractivity contribution in [1.82, 2.24) is 20.3 Å². The Balaban J connectivity index is 2.32. The van der Waals surface area contributed by atoms with Crippen LogP contribution in [0.4, 0.5) is 0 Å². The molecule has 2 aliphatic rings. The Labute approximate surface area is 109 Å². The SMILES string of the molecule is CNC(=O)c1ccc2[nH]c3[nH]cc[nH]ccc3cc1-2. The van der Waals surface area contributed by atoms with Gasteiger partial charge in [-0.3, -0.25) is 4.79 Å². The number of carbonyl (C=O) groups is 1. The first-order valence-corrected chi connectivity index (χ1v) is 6.01. The standard InChI is InChI=1S/C14H14N4O/c1-15-14(19)10-2-3-12-11(10)8-9-4-5-16-6-7-17-13(9)18-12/h2-8,16-18H,1H3,(H,15,19). The summed E-state index contributed by atoms with van der Waals surface area (Å²) in [4.78, 5) is 21.3. The Hall–Kier alpha value is -2.69. The molecule has 0 saturated carbocycles. The highest BCUT2D eigenvalue weighted by molar-refractivity contribution is 6.03. The zero-order valence-electron chi connectivity index (χ0n) is 10.4. The van der Waals surface area contributed by atoms with E-state index >= 15 is 0 Å². The van der Waals surface area contributed by atoms with Gasteiger partial charge in [0.1, 0.15) is 5.65 Å². The first kappa shape index (κ1) is 11.4. The van der Waals surface area contributed by atoms with Crippen molar-refractivity contribution < 1.29 is 4.79 Å². The molecule has 0 bridgehead atoms. The van der Waals surface area contributed by atoms with Gasteiger partial charge in [-0.15, -0.1) is 0 Å². The van der Waals surface area contributed by atoms with Crippen molar-refractivity contribution >= 4 is 16.9 Å². The van der Waals surface area contributed by atoms with E-state index in [0.29, 0.717) is 5.56 Å². The van der Waals surface area contributed by atoms with Gasteiger partial charge in [-0.05, 0) is 24.3 Å². The Morgan fingerprint density at radius 3 is 2.89 bits per heavy atom. The van der Waals surface area contributed by atoms with Gasteiger partial charge < -0.3 is 20.3 Å². The zero-order valence-corrected chi connectivity index (χ0v) is 10.4. The molecule has 5 heteroatoms. The second-order valence-corrected chi connectivity index (χ2v) is 4.23. The summed E-state index contributed by atoms with van der Waals surface area (Å²) in [7, 11) is 1.63. The normalized spacial score (nSPS) is 10.6. The van der Waals surface area contributed by atoms with Crippen LogP contribution < -0.4 is 5.32 Å². The maximum atomic E-state index is 11.8. The van der Waals surface area contributed by atoms with Gasteiger partial charge in [-0.2, -0.15) is 0 Å². The molecule has 0 fully saturated rings. The number of nitrogens with one attached hydrogen (secondary N) is 4. The minimum absolute atomic E-state index is 0.0795. The largest absolute Gasteiger partial charge is 0.366 e. The van der Waals surface area contributed by atoms with E-state index in [1.54, 1.807) is 13.2 Å². The van der Waals surface area contributed by atoms with Crippen LogP contribution in [-0.2, 0) is 0 Å². The van der Waals surface area contributed by atoms with E-state index in [4.69, 9.17) is 0 Å². The molecule has 0 unspecified atom stereocenters. The number of H-pyrrole nitrogens is 3. The molecule has 96 valence electrons. The molecule has 1 aromatic heterocycles. The van der Waals surface area contributed by atoms with E-state index in [-0.39, 0.29) is 5.91 Å². The summed E-state index contributed by atoms with van der Waals surface area (Å²) in [6.45, 7) is 0. The number of fused-ring (bicyclic) bond motifs is 2. The van der Waals surface area contributed by atoms with E-state index in [2.05, 4.69) is 20.3 Å². The van der Waals surface area contributed by atoms with Gasteiger partial charge in [0, 0.05) is 47.8 Å². The molecule has 0 aromatic carbocycles. The lowest BCUT2D eigenvalue weighted by atomic mass is 10.1. The van der Waals surface area contributed by atoms with Crippen molar-refractivity contribution in [2.45, 2.75) is 0 Å². The van der Waals surface area contributed by atoms with Crippen LogP contribution in [0.2, 0.25) is 0 Å². The predicted octanol–water partition coefficient (Wildman–Crippen LogP) is 2.41. The van der Waals surface area contributed by atoms with E-state index < -0.39 is 0 Å². The fraction of sp³-hybridized carbons (Fsp3) is 0.0714. The second-order valence-electron chi connectivity index (χ2n) is 4.23. The maximum absolute atomic E-state index is 11.8. The van der Waals surface area contributed by atoms with Crippen molar-refractivity contribution in [3.63, 3.8) is 0 Å². The number of carbonyl (C=O) groups excluding carboxylic acids is 1. The molecule has 19 heavy (non-hydrogen) atoms. The molecular formula is C14H14N4O. The molecule has 1 amide bonds. The van der Waals surface area contributed by atoms with E-state index in [1.165, 1.54) is 0 Å². The third-order valence-electron chi connectivity index (χ3n) is 3.08. The van der Waals surface area contributed by atoms with Crippen LogP contribution in [0.25, 0.3) is 22.3 Å². The minimum atomic E-state index is -0.0795. The van der Waals surface area contributed by atoms with Crippen LogP contribution >= 0.6 is 0 Å². The van der Waals surface area contributed by atoms with Gasteiger partial charge in [0.25, 0.3) is 5.91 Å². The highest BCUT2D eigenvalue weighted by Gasteiger charge is 2.15. The second kappa shape index (κ2) is 4.53. The first-order valence-electron chi connectivity index (χ1n) is 6.01. The lowest BCUT2D eigenvalue weighted by Crippen LogP contribution is -2.17. The van der Waals surface area contributed by atoms with Gasteiger partial charge in [0.05, 0.1) is 0 Å². The Morgan fingerprint density at radius 1 is 1.16 bits per heavy atom. The number of aromatic nitrogens is 3.